The molecule has 0 radical (unpaired) electrons. The zero-order chi connectivity index (χ0) is 24.6. The minimum Gasteiger partial charge on any atom is -0.477 e. The van der Waals surface area contributed by atoms with Crippen LogP contribution in [0.25, 0.3) is 0 Å². The van der Waals surface area contributed by atoms with E-state index in [4.69, 9.17) is 4.74 Å². The van der Waals surface area contributed by atoms with Crippen LogP contribution in [0, 0.1) is 17.2 Å². The Balaban J connectivity index is 1.55. The number of nitrogens with zero attached hydrogens (tertiary/aromatic N) is 2. The molecule has 1 N–H and O–H groups in total. The second-order valence-corrected chi connectivity index (χ2v) is 10.5. The number of hydrogen-bond acceptors (Lipinski definition) is 6. The average Bonchev–Trinajstić information content (AvgIpc) is 3.69. The third-order valence-electron chi connectivity index (χ3n) is 5.70. The van der Waals surface area contributed by atoms with E-state index in [1.54, 1.807) is 0 Å². The van der Waals surface area contributed by atoms with E-state index in [1.807, 2.05) is 6.07 Å². The number of ketones is 1. The number of carbonyl (C=O) groups is 1. The van der Waals surface area contributed by atoms with Crippen molar-refractivity contribution < 1.29 is 31.1 Å². The van der Waals surface area contributed by atoms with Crippen molar-refractivity contribution in [3.05, 3.63) is 53.2 Å². The minimum atomic E-state index is -4.52. The highest BCUT2D eigenvalue weighted by molar-refractivity contribution is 7.89. The van der Waals surface area contributed by atoms with E-state index < -0.39 is 33.1 Å². The van der Waals surface area contributed by atoms with Gasteiger partial charge in [-0.2, -0.15) is 23.2 Å². The van der Waals surface area contributed by atoms with Crippen molar-refractivity contribution in [3.63, 3.8) is 0 Å². The topological polar surface area (TPSA) is 109 Å². The highest BCUT2D eigenvalue weighted by Gasteiger charge is 2.47. The van der Waals surface area contributed by atoms with Crippen LogP contribution in [0.1, 0.15) is 42.4 Å². The van der Waals surface area contributed by atoms with Gasteiger partial charge in [-0.25, -0.2) is 13.4 Å². The van der Waals surface area contributed by atoms with Crippen LogP contribution < -0.4 is 9.46 Å². The largest absolute Gasteiger partial charge is 0.477 e. The van der Waals surface area contributed by atoms with Crippen LogP contribution in [0.15, 0.2) is 41.4 Å². The molecule has 0 bridgehead atoms. The summed E-state index contributed by atoms with van der Waals surface area (Å²) in [4.78, 5) is 16.6. The molecule has 4 rings (SSSR count). The third kappa shape index (κ3) is 5.93. The molecule has 2 saturated carbocycles. The quantitative estimate of drug-likeness (QED) is 0.542. The molecule has 2 aliphatic rings. The molecule has 0 aliphatic heterocycles. The predicted octanol–water partition coefficient (Wildman–Crippen LogP) is 3.58. The standard InChI is InChI=1S/C23H22F3N3O4S/c24-23(25,26)18-3-1-2-16(8-18)9-19(30)10-17-11-20(12-28-21(17)33-13-15-4-5-15)34(31,32)29-22(14-27)6-7-22/h1-3,8,11-12,15,29H,4-7,9-10,13H2. The number of hydrogen-bond donors (Lipinski definition) is 1. The maximum Gasteiger partial charge on any atom is 0.416 e. The molecule has 2 aromatic rings. The molecule has 0 spiro atoms. The summed E-state index contributed by atoms with van der Waals surface area (Å²) in [7, 11) is -4.07. The van der Waals surface area contributed by atoms with Crippen LogP contribution in [0.5, 0.6) is 5.88 Å². The molecule has 2 fully saturated rings. The molecule has 0 unspecified atom stereocenters. The number of carbonyl (C=O) groups excluding carboxylic acids is 1. The van der Waals surface area contributed by atoms with E-state index in [0.29, 0.717) is 25.4 Å². The van der Waals surface area contributed by atoms with E-state index in [0.717, 1.165) is 31.2 Å². The third-order valence-corrected chi connectivity index (χ3v) is 7.20. The maximum absolute atomic E-state index is 13.0. The van der Waals surface area contributed by atoms with Gasteiger partial charge in [0.15, 0.2) is 0 Å². The van der Waals surface area contributed by atoms with E-state index in [1.165, 1.54) is 18.2 Å². The summed E-state index contributed by atoms with van der Waals surface area (Å²) in [6.07, 6.45) is -1.12. The van der Waals surface area contributed by atoms with E-state index in [2.05, 4.69) is 9.71 Å². The van der Waals surface area contributed by atoms with E-state index >= 15 is 0 Å². The number of nitriles is 1. The first-order chi connectivity index (χ1) is 16.0. The van der Waals surface area contributed by atoms with Gasteiger partial charge in [0.1, 0.15) is 16.2 Å². The Hall–Kier alpha value is -2.97. The van der Waals surface area contributed by atoms with Gasteiger partial charge in [0.05, 0.1) is 24.4 Å². The molecule has 34 heavy (non-hydrogen) atoms. The van der Waals surface area contributed by atoms with Gasteiger partial charge in [-0.05, 0) is 49.3 Å². The molecular weight excluding hydrogens is 471 g/mol. The number of alkyl halides is 3. The maximum atomic E-state index is 13.0. The molecule has 1 heterocycles. The van der Waals surface area contributed by atoms with Crippen molar-refractivity contribution in [1.82, 2.24) is 9.71 Å². The van der Waals surface area contributed by atoms with Gasteiger partial charge in [-0.3, -0.25) is 4.79 Å². The molecule has 0 amide bonds. The van der Waals surface area contributed by atoms with Gasteiger partial charge in [-0.1, -0.05) is 18.2 Å². The Morgan fingerprint density at radius 1 is 1.24 bits per heavy atom. The number of pyridine rings is 1. The van der Waals surface area contributed by atoms with E-state index in [9.17, 15) is 31.6 Å². The highest BCUT2D eigenvalue weighted by Crippen LogP contribution is 2.36. The molecule has 1 aromatic heterocycles. The molecule has 11 heteroatoms. The summed E-state index contributed by atoms with van der Waals surface area (Å²) < 4.78 is 72.5. The van der Waals surface area contributed by atoms with Crippen LogP contribution in [-0.4, -0.2) is 31.3 Å². The minimum absolute atomic E-state index is 0.115. The van der Waals surface area contributed by atoms with Crippen molar-refractivity contribution >= 4 is 15.8 Å². The smallest absolute Gasteiger partial charge is 0.416 e. The first kappa shape index (κ1) is 24.2. The lowest BCUT2D eigenvalue weighted by molar-refractivity contribution is -0.137. The molecule has 2 aliphatic carbocycles. The lowest BCUT2D eigenvalue weighted by Gasteiger charge is -2.14. The van der Waals surface area contributed by atoms with Crippen LogP contribution in [-0.2, 0) is 33.8 Å². The van der Waals surface area contributed by atoms with Gasteiger partial charge in [0, 0.05) is 18.4 Å². The number of nitrogens with one attached hydrogen (secondary N) is 1. The number of benzene rings is 1. The summed E-state index contributed by atoms with van der Waals surface area (Å²) in [5.41, 5.74) is -1.55. The van der Waals surface area contributed by atoms with Crippen molar-refractivity contribution in [3.8, 4) is 11.9 Å². The molecule has 7 nitrogen and oxygen atoms in total. The lowest BCUT2D eigenvalue weighted by Crippen LogP contribution is -2.35. The fraction of sp³-hybridized carbons (Fsp3) is 0.435. The van der Waals surface area contributed by atoms with Crippen LogP contribution in [0.2, 0.25) is 0 Å². The Morgan fingerprint density at radius 3 is 2.59 bits per heavy atom. The number of ether oxygens (including phenoxy) is 1. The Morgan fingerprint density at radius 2 is 1.97 bits per heavy atom. The number of aromatic nitrogens is 1. The SMILES string of the molecule is N#CC1(NS(=O)(=O)c2cnc(OCC3CC3)c(CC(=O)Cc3cccc(C(F)(F)F)c3)c2)CC1. The summed E-state index contributed by atoms with van der Waals surface area (Å²) >= 11 is 0. The van der Waals surface area contributed by atoms with Crippen molar-refractivity contribution in [2.75, 3.05) is 6.61 Å². The van der Waals surface area contributed by atoms with Gasteiger partial charge in [-0.15, -0.1) is 0 Å². The first-order valence-electron chi connectivity index (χ1n) is 10.7. The Bertz CT molecular complexity index is 1250. The second-order valence-electron chi connectivity index (χ2n) is 8.78. The van der Waals surface area contributed by atoms with Crippen LogP contribution >= 0.6 is 0 Å². The van der Waals surface area contributed by atoms with E-state index in [-0.39, 0.29) is 34.7 Å². The molecule has 1 aromatic carbocycles. The Kier molecular flexibility index (Phi) is 6.40. The van der Waals surface area contributed by atoms with Crippen LogP contribution in [0.4, 0.5) is 13.2 Å². The fourth-order valence-electron chi connectivity index (χ4n) is 3.40. The molecule has 180 valence electrons. The van der Waals surface area contributed by atoms with Gasteiger partial charge in [0.2, 0.25) is 15.9 Å². The number of Topliss-reactive ketones (excluding diaryl/α,β-unsaturated/α-hetero) is 1. The number of halogens is 3. The van der Waals surface area contributed by atoms with Gasteiger partial charge < -0.3 is 4.74 Å². The average molecular weight is 494 g/mol. The predicted molar refractivity (Wildman–Crippen MR) is 114 cm³/mol. The Labute approximate surface area is 195 Å². The molecule has 0 saturated heterocycles. The molecule has 0 atom stereocenters. The van der Waals surface area contributed by atoms with Crippen molar-refractivity contribution in [1.29, 1.82) is 5.26 Å². The fourth-order valence-corrected chi connectivity index (χ4v) is 4.77. The summed E-state index contributed by atoms with van der Waals surface area (Å²) in [6.45, 7) is 0.379. The van der Waals surface area contributed by atoms with Crippen LogP contribution in [0.3, 0.4) is 0 Å². The highest BCUT2D eigenvalue weighted by atomic mass is 32.2. The monoisotopic (exact) mass is 493 g/mol. The normalized spacial score (nSPS) is 17.1. The summed E-state index contributed by atoms with van der Waals surface area (Å²) in [6, 6.07) is 7.73. The summed E-state index contributed by atoms with van der Waals surface area (Å²) in [5, 5.41) is 9.19. The van der Waals surface area contributed by atoms with Crippen molar-refractivity contribution in [2.45, 2.75) is 55.1 Å². The number of sulfonamides is 1. The van der Waals surface area contributed by atoms with Gasteiger partial charge in [0.25, 0.3) is 0 Å². The zero-order valence-corrected chi connectivity index (χ0v) is 18.9. The second kappa shape index (κ2) is 9.00. The summed E-state index contributed by atoms with van der Waals surface area (Å²) in [5.74, 6) is 0.0751. The molecular formula is C23H22F3N3O4S. The lowest BCUT2D eigenvalue weighted by atomic mass is 10.0. The van der Waals surface area contributed by atoms with Crippen molar-refractivity contribution in [2.24, 2.45) is 5.92 Å². The van der Waals surface area contributed by atoms with Gasteiger partial charge >= 0.3 is 6.18 Å². The number of rotatable bonds is 10. The first-order valence-corrected chi connectivity index (χ1v) is 12.2. The zero-order valence-electron chi connectivity index (χ0n) is 18.1.